The monoisotopic (exact) mass is 701 g/mol. The number of benzene rings is 2. The number of hydrogen-bond acceptors (Lipinski definition) is 12. The van der Waals surface area contributed by atoms with Gasteiger partial charge in [0.05, 0.1) is 13.0 Å². The highest BCUT2D eigenvalue weighted by Crippen LogP contribution is 2.26. The van der Waals surface area contributed by atoms with Gasteiger partial charge in [-0.05, 0) is 45.4 Å². The van der Waals surface area contributed by atoms with E-state index < -0.39 is 60.9 Å². The third-order valence-corrected chi connectivity index (χ3v) is 8.07. The second-order valence-electron chi connectivity index (χ2n) is 13.6. The van der Waals surface area contributed by atoms with E-state index in [2.05, 4.69) is 17.0 Å². The van der Waals surface area contributed by atoms with Gasteiger partial charge in [0.15, 0.2) is 18.5 Å². The summed E-state index contributed by atoms with van der Waals surface area (Å²) in [5.41, 5.74) is 1.49. The molecule has 1 aliphatic heterocycles. The first-order chi connectivity index (χ1) is 23.8. The van der Waals surface area contributed by atoms with Crippen LogP contribution in [0.15, 0.2) is 60.7 Å². The second-order valence-corrected chi connectivity index (χ2v) is 13.6. The Hall–Kier alpha value is -3.59. The zero-order chi connectivity index (χ0) is 36.7. The van der Waals surface area contributed by atoms with Crippen LogP contribution in [0, 0.1) is 0 Å². The van der Waals surface area contributed by atoms with Crippen molar-refractivity contribution in [2.75, 3.05) is 46.4 Å². The Morgan fingerprint density at radius 2 is 1.34 bits per heavy atom. The van der Waals surface area contributed by atoms with Crippen molar-refractivity contribution in [3.8, 4) is 0 Å². The van der Waals surface area contributed by atoms with Crippen LogP contribution in [0.4, 0.5) is 4.79 Å². The number of aliphatic hydroxyl groups excluding tert-OH is 3. The van der Waals surface area contributed by atoms with Crippen molar-refractivity contribution in [2.24, 2.45) is 0 Å². The third kappa shape index (κ3) is 14.0. The van der Waals surface area contributed by atoms with Gasteiger partial charge in [0.1, 0.15) is 17.8 Å². The van der Waals surface area contributed by atoms with Crippen molar-refractivity contribution < 1.29 is 48.7 Å². The minimum atomic E-state index is -1.73. The number of ether oxygens (including phenoxy) is 4. The molecule has 0 spiro atoms. The van der Waals surface area contributed by atoms with Gasteiger partial charge in [-0.3, -0.25) is 14.5 Å². The Morgan fingerprint density at radius 1 is 0.780 bits per heavy atom. The number of amides is 1. The molecule has 50 heavy (non-hydrogen) atoms. The molecule has 0 saturated carbocycles. The number of carbonyl (C=O) groups is 3. The third-order valence-electron chi connectivity index (χ3n) is 8.07. The zero-order valence-electron chi connectivity index (χ0n) is 30.0. The maximum Gasteiger partial charge on any atom is 0.410 e. The molecular formula is C37H55N3O10. The smallest absolute Gasteiger partial charge is 0.410 e. The first kappa shape index (κ1) is 40.8. The van der Waals surface area contributed by atoms with E-state index in [-0.39, 0.29) is 19.4 Å². The summed E-state index contributed by atoms with van der Waals surface area (Å²) in [7, 11) is 2.00. The molecule has 5 atom stereocenters. The van der Waals surface area contributed by atoms with Crippen LogP contribution in [-0.2, 0) is 41.6 Å². The van der Waals surface area contributed by atoms with Crippen LogP contribution in [-0.4, -0.2) is 131 Å². The first-order valence-corrected chi connectivity index (χ1v) is 17.3. The summed E-state index contributed by atoms with van der Waals surface area (Å²) in [5, 5.41) is 30.9. The molecule has 0 radical (unpaired) electrons. The number of likely N-dealkylation sites (N-methyl/N-ethyl adjacent to an activating group) is 1. The summed E-state index contributed by atoms with van der Waals surface area (Å²) in [4.78, 5) is 44.6. The lowest BCUT2D eigenvalue weighted by molar-refractivity contribution is -0.293. The van der Waals surface area contributed by atoms with Crippen LogP contribution in [0.5, 0.6) is 0 Å². The maximum absolute atomic E-state index is 13.3. The van der Waals surface area contributed by atoms with Gasteiger partial charge in [-0.15, -0.1) is 0 Å². The molecule has 278 valence electrons. The van der Waals surface area contributed by atoms with Gasteiger partial charge in [0.25, 0.3) is 0 Å². The zero-order valence-corrected chi connectivity index (χ0v) is 30.0. The standard InChI is InChI=1S/C37H55N3O10/c1-6-13-30(42)48-33-32(44)29(26-41)47-35(45)34(33)49-31(43)18-19-39(25-28-16-11-8-12-17-28)21-23-40(36(46)50-37(2,3)4)22-20-38(5)24-27-14-9-7-10-15-27/h7-12,14-17,29,32-35,41,44-45H,6,13,18-26H2,1-5H3/t29?,32-,33-,34?,35+/m0/s1. The molecule has 1 fully saturated rings. The van der Waals surface area contributed by atoms with E-state index in [4.69, 9.17) is 18.9 Å². The van der Waals surface area contributed by atoms with Crippen molar-refractivity contribution in [2.45, 2.75) is 96.4 Å². The highest BCUT2D eigenvalue weighted by molar-refractivity contribution is 5.71. The molecule has 1 saturated heterocycles. The lowest BCUT2D eigenvalue weighted by atomic mass is 9.98. The molecular weight excluding hydrogens is 646 g/mol. The number of nitrogens with zero attached hydrogens (tertiary/aromatic N) is 3. The summed E-state index contributed by atoms with van der Waals surface area (Å²) in [6.45, 7) is 9.82. The lowest BCUT2D eigenvalue weighted by Gasteiger charge is -2.41. The van der Waals surface area contributed by atoms with Crippen LogP contribution in [0.25, 0.3) is 0 Å². The fourth-order valence-corrected chi connectivity index (χ4v) is 5.45. The average Bonchev–Trinajstić information content (AvgIpc) is 3.06. The Bertz CT molecular complexity index is 1310. The van der Waals surface area contributed by atoms with Crippen LogP contribution in [0.3, 0.4) is 0 Å². The van der Waals surface area contributed by atoms with Gasteiger partial charge in [-0.1, -0.05) is 67.6 Å². The molecule has 0 bridgehead atoms. The Labute approximate surface area is 295 Å². The van der Waals surface area contributed by atoms with E-state index in [1.54, 1.807) is 11.8 Å². The van der Waals surface area contributed by atoms with Crippen LogP contribution in [0.2, 0.25) is 0 Å². The highest BCUT2D eigenvalue weighted by atomic mass is 16.7. The average molecular weight is 702 g/mol. The number of aliphatic hydroxyl groups is 3. The molecule has 2 aromatic carbocycles. The van der Waals surface area contributed by atoms with Gasteiger partial charge < -0.3 is 44.1 Å². The van der Waals surface area contributed by atoms with E-state index >= 15 is 0 Å². The lowest BCUT2D eigenvalue weighted by Crippen LogP contribution is -2.61. The summed E-state index contributed by atoms with van der Waals surface area (Å²) in [5.74, 6) is -1.35. The minimum Gasteiger partial charge on any atom is -0.455 e. The van der Waals surface area contributed by atoms with Crippen molar-refractivity contribution in [1.82, 2.24) is 14.7 Å². The fourth-order valence-electron chi connectivity index (χ4n) is 5.45. The molecule has 3 N–H and O–H groups in total. The van der Waals surface area contributed by atoms with Gasteiger partial charge in [0.2, 0.25) is 0 Å². The number of carbonyl (C=O) groups excluding carboxylic acids is 3. The van der Waals surface area contributed by atoms with Crippen LogP contribution >= 0.6 is 0 Å². The largest absolute Gasteiger partial charge is 0.455 e. The SMILES string of the molecule is CCCC(=O)O[C@@H]1C(OC(=O)CCN(CCN(CCN(C)Cc2ccccc2)C(=O)OC(C)(C)C)Cc2ccccc2)[C@H](O)OC(CO)[C@@H]1O. The molecule has 13 heteroatoms. The van der Waals surface area contributed by atoms with Crippen LogP contribution in [0.1, 0.15) is 58.1 Å². The summed E-state index contributed by atoms with van der Waals surface area (Å²) >= 11 is 0. The molecule has 1 amide bonds. The van der Waals surface area contributed by atoms with Gasteiger partial charge >= 0.3 is 18.0 Å². The maximum atomic E-state index is 13.3. The van der Waals surface area contributed by atoms with E-state index in [1.165, 1.54) is 5.56 Å². The van der Waals surface area contributed by atoms with E-state index in [1.807, 2.05) is 81.2 Å². The van der Waals surface area contributed by atoms with Gasteiger partial charge in [-0.25, -0.2) is 4.79 Å². The van der Waals surface area contributed by atoms with Crippen molar-refractivity contribution in [3.63, 3.8) is 0 Å². The summed E-state index contributed by atoms with van der Waals surface area (Å²) in [6, 6.07) is 19.8. The summed E-state index contributed by atoms with van der Waals surface area (Å²) < 4.78 is 21.9. The van der Waals surface area contributed by atoms with E-state index in [0.29, 0.717) is 39.1 Å². The van der Waals surface area contributed by atoms with Crippen molar-refractivity contribution >= 4 is 18.0 Å². The van der Waals surface area contributed by atoms with Gasteiger partial charge in [0, 0.05) is 52.2 Å². The molecule has 0 aliphatic carbocycles. The Kier molecular flexibility index (Phi) is 16.6. The predicted molar refractivity (Wildman–Crippen MR) is 186 cm³/mol. The first-order valence-electron chi connectivity index (χ1n) is 17.3. The molecule has 2 unspecified atom stereocenters. The molecule has 3 rings (SSSR count). The molecule has 1 aliphatic rings. The molecule has 2 aromatic rings. The van der Waals surface area contributed by atoms with E-state index in [9.17, 15) is 29.7 Å². The van der Waals surface area contributed by atoms with E-state index in [0.717, 1.165) is 12.1 Å². The minimum absolute atomic E-state index is 0.0582. The second kappa shape index (κ2) is 20.3. The molecule has 0 aromatic heterocycles. The number of rotatable bonds is 18. The number of esters is 2. The molecule has 13 nitrogen and oxygen atoms in total. The predicted octanol–water partition coefficient (Wildman–Crippen LogP) is 2.94. The topological polar surface area (TPSA) is 159 Å². The highest BCUT2D eigenvalue weighted by Gasteiger charge is 2.49. The van der Waals surface area contributed by atoms with Crippen molar-refractivity contribution in [1.29, 1.82) is 0 Å². The quantitative estimate of drug-likeness (QED) is 0.154. The Morgan fingerprint density at radius 3 is 1.92 bits per heavy atom. The number of hydrogen-bond donors (Lipinski definition) is 3. The normalized spacial score (nSPS) is 20.8. The Balaban J connectivity index is 1.69. The molecule has 1 heterocycles. The fraction of sp³-hybridized carbons (Fsp3) is 0.595. The van der Waals surface area contributed by atoms with Crippen LogP contribution < -0.4 is 0 Å². The van der Waals surface area contributed by atoms with Gasteiger partial charge in [-0.2, -0.15) is 0 Å². The summed E-state index contributed by atoms with van der Waals surface area (Å²) in [6.07, 6.45) is -7.42. The van der Waals surface area contributed by atoms with Crippen molar-refractivity contribution in [3.05, 3.63) is 71.8 Å².